The van der Waals surface area contributed by atoms with Gasteiger partial charge in [0.2, 0.25) is 5.88 Å². The molecule has 10 heteroatoms. The Hall–Kier alpha value is -2.33. The molecule has 1 unspecified atom stereocenters. The first kappa shape index (κ1) is 22.8. The minimum Gasteiger partial charge on any atom is -0.479 e. The van der Waals surface area contributed by atoms with Gasteiger partial charge in [-0.15, -0.1) is 0 Å². The summed E-state index contributed by atoms with van der Waals surface area (Å²) in [6, 6.07) is 4.32. The lowest BCUT2D eigenvalue weighted by Crippen LogP contribution is -2.25. The zero-order chi connectivity index (χ0) is 22.9. The second-order valence-electron chi connectivity index (χ2n) is 8.56. The molecule has 1 aliphatic carbocycles. The van der Waals surface area contributed by atoms with Crippen molar-refractivity contribution in [3.05, 3.63) is 41.3 Å². The van der Waals surface area contributed by atoms with Gasteiger partial charge in [0.05, 0.1) is 12.8 Å². The zero-order valence-corrected chi connectivity index (χ0v) is 19.0. The van der Waals surface area contributed by atoms with Crippen molar-refractivity contribution in [2.75, 3.05) is 11.8 Å². The maximum atomic E-state index is 14.7. The molecule has 0 aromatic carbocycles. The molecule has 2 aromatic rings. The van der Waals surface area contributed by atoms with Crippen LogP contribution in [0.2, 0.25) is 0 Å². The first-order chi connectivity index (χ1) is 15.2. The van der Waals surface area contributed by atoms with E-state index in [1.54, 1.807) is 6.07 Å². The van der Waals surface area contributed by atoms with Gasteiger partial charge in [0, 0.05) is 24.7 Å². The SMILES string of the molecule is COc1nc2c(cc1NS(=O)(=O)c1ccc(C(F)(F)C3CCCC3)nc1)CCC(C)NC2. The average Bonchev–Trinajstić information content (AvgIpc) is 3.26. The van der Waals surface area contributed by atoms with Crippen LogP contribution in [0.3, 0.4) is 0 Å². The second-order valence-corrected chi connectivity index (χ2v) is 10.2. The molecule has 0 saturated heterocycles. The number of aryl methyl sites for hydroxylation is 1. The predicted octanol–water partition coefficient (Wildman–Crippen LogP) is 3.99. The van der Waals surface area contributed by atoms with E-state index >= 15 is 0 Å². The van der Waals surface area contributed by atoms with Crippen LogP contribution in [0.15, 0.2) is 29.3 Å². The topological polar surface area (TPSA) is 93.2 Å². The number of halogens is 2. The van der Waals surface area contributed by atoms with Crippen molar-refractivity contribution in [1.82, 2.24) is 15.3 Å². The Balaban J connectivity index is 1.58. The van der Waals surface area contributed by atoms with Crippen LogP contribution in [0.5, 0.6) is 5.88 Å². The Kier molecular flexibility index (Phi) is 6.35. The monoisotopic (exact) mass is 466 g/mol. The van der Waals surface area contributed by atoms with Crippen LogP contribution >= 0.6 is 0 Å². The van der Waals surface area contributed by atoms with Crippen LogP contribution in [0.1, 0.15) is 56.0 Å². The highest BCUT2D eigenvalue weighted by atomic mass is 32.2. The molecule has 1 saturated carbocycles. The summed E-state index contributed by atoms with van der Waals surface area (Å²) >= 11 is 0. The Morgan fingerprint density at radius 1 is 1.22 bits per heavy atom. The van der Waals surface area contributed by atoms with E-state index in [1.165, 1.54) is 13.2 Å². The van der Waals surface area contributed by atoms with Crippen molar-refractivity contribution in [3.63, 3.8) is 0 Å². The number of fused-ring (bicyclic) bond motifs is 1. The van der Waals surface area contributed by atoms with Crippen molar-refractivity contribution < 1.29 is 21.9 Å². The molecular weight excluding hydrogens is 438 g/mol. The van der Waals surface area contributed by atoms with Crippen LogP contribution in [-0.4, -0.2) is 31.5 Å². The number of nitrogens with zero attached hydrogens (tertiary/aromatic N) is 2. The maximum Gasteiger partial charge on any atom is 0.292 e. The quantitative estimate of drug-likeness (QED) is 0.669. The molecule has 0 amide bonds. The summed E-state index contributed by atoms with van der Waals surface area (Å²) in [5.74, 6) is -3.66. The van der Waals surface area contributed by atoms with Crippen LogP contribution < -0.4 is 14.8 Å². The summed E-state index contributed by atoms with van der Waals surface area (Å²) in [5.41, 5.74) is 1.56. The minimum absolute atomic E-state index is 0.154. The summed E-state index contributed by atoms with van der Waals surface area (Å²) in [6.45, 7) is 2.65. The number of nitrogens with one attached hydrogen (secondary N) is 2. The first-order valence-electron chi connectivity index (χ1n) is 10.9. The number of alkyl halides is 2. The summed E-state index contributed by atoms with van der Waals surface area (Å²) in [5, 5.41) is 3.36. The van der Waals surface area contributed by atoms with Gasteiger partial charge in [-0.3, -0.25) is 9.71 Å². The summed E-state index contributed by atoms with van der Waals surface area (Å²) in [6.07, 6.45) is 5.10. The fourth-order valence-electron chi connectivity index (χ4n) is 4.35. The molecule has 0 spiro atoms. The van der Waals surface area contributed by atoms with Crippen molar-refractivity contribution in [3.8, 4) is 5.88 Å². The van der Waals surface area contributed by atoms with E-state index in [1.807, 2.05) is 0 Å². The van der Waals surface area contributed by atoms with Crippen LogP contribution in [0.25, 0.3) is 0 Å². The molecule has 2 aromatic heterocycles. The number of pyridine rings is 2. The summed E-state index contributed by atoms with van der Waals surface area (Å²) in [7, 11) is -2.65. The van der Waals surface area contributed by atoms with E-state index in [-0.39, 0.29) is 16.5 Å². The Bertz CT molecular complexity index is 1070. The van der Waals surface area contributed by atoms with Gasteiger partial charge in [-0.2, -0.15) is 8.78 Å². The normalized spacial score (nSPS) is 19.9. The molecule has 2 N–H and O–H groups in total. The number of anilines is 1. The van der Waals surface area contributed by atoms with Gasteiger partial charge in [-0.1, -0.05) is 12.8 Å². The third kappa shape index (κ3) is 4.56. The van der Waals surface area contributed by atoms with Crippen LogP contribution in [0.4, 0.5) is 14.5 Å². The standard InChI is InChI=1S/C22H28F2N4O3S/c1-14-7-8-15-11-18(21(31-2)27-19(15)13-25-14)28-32(29,30)17-9-10-20(26-12-17)22(23,24)16-5-3-4-6-16/h9-12,14,16,25,28H,3-8,13H2,1-2H3. The van der Waals surface area contributed by atoms with Gasteiger partial charge < -0.3 is 10.1 Å². The van der Waals surface area contributed by atoms with Crippen LogP contribution in [-0.2, 0) is 28.9 Å². The predicted molar refractivity (Wildman–Crippen MR) is 116 cm³/mol. The molecule has 3 heterocycles. The number of ether oxygens (including phenoxy) is 1. The number of aromatic nitrogens is 2. The Labute approximate surface area is 187 Å². The fraction of sp³-hybridized carbons (Fsp3) is 0.545. The minimum atomic E-state index is -4.07. The Morgan fingerprint density at radius 3 is 2.62 bits per heavy atom. The van der Waals surface area contributed by atoms with Gasteiger partial charge in [-0.05, 0) is 56.4 Å². The van der Waals surface area contributed by atoms with Gasteiger partial charge in [-0.25, -0.2) is 13.4 Å². The number of hydrogen-bond donors (Lipinski definition) is 2. The van der Waals surface area contributed by atoms with E-state index in [0.717, 1.165) is 49.2 Å². The molecule has 2 aliphatic rings. The van der Waals surface area contributed by atoms with E-state index in [4.69, 9.17) is 4.74 Å². The number of hydrogen-bond acceptors (Lipinski definition) is 6. The van der Waals surface area contributed by atoms with Crippen LogP contribution in [0, 0.1) is 5.92 Å². The van der Waals surface area contributed by atoms with Crippen molar-refractivity contribution >= 4 is 15.7 Å². The third-order valence-electron chi connectivity index (χ3n) is 6.31. The molecule has 32 heavy (non-hydrogen) atoms. The zero-order valence-electron chi connectivity index (χ0n) is 18.2. The molecule has 4 rings (SSSR count). The van der Waals surface area contributed by atoms with Gasteiger partial charge in [0.15, 0.2) is 0 Å². The summed E-state index contributed by atoms with van der Waals surface area (Å²) < 4.78 is 63.1. The highest BCUT2D eigenvalue weighted by molar-refractivity contribution is 7.92. The van der Waals surface area contributed by atoms with Gasteiger partial charge >= 0.3 is 0 Å². The maximum absolute atomic E-state index is 14.7. The average molecular weight is 467 g/mol. The molecule has 1 atom stereocenters. The summed E-state index contributed by atoms with van der Waals surface area (Å²) in [4.78, 5) is 8.08. The number of sulfonamides is 1. The lowest BCUT2D eigenvalue weighted by atomic mass is 9.96. The smallest absolute Gasteiger partial charge is 0.292 e. The molecule has 174 valence electrons. The van der Waals surface area contributed by atoms with Gasteiger partial charge in [0.25, 0.3) is 15.9 Å². The van der Waals surface area contributed by atoms with E-state index in [0.29, 0.717) is 25.4 Å². The second kappa shape index (κ2) is 8.90. The van der Waals surface area contributed by atoms with E-state index in [2.05, 4.69) is 26.9 Å². The molecule has 1 fully saturated rings. The number of methoxy groups -OCH3 is 1. The number of rotatable bonds is 6. The van der Waals surface area contributed by atoms with E-state index in [9.17, 15) is 17.2 Å². The lowest BCUT2D eigenvalue weighted by Gasteiger charge is -2.22. The highest BCUT2D eigenvalue weighted by Crippen LogP contribution is 2.44. The van der Waals surface area contributed by atoms with Crippen molar-refractivity contribution in [1.29, 1.82) is 0 Å². The van der Waals surface area contributed by atoms with E-state index < -0.39 is 27.6 Å². The molecule has 0 bridgehead atoms. The molecule has 7 nitrogen and oxygen atoms in total. The Morgan fingerprint density at radius 2 is 1.97 bits per heavy atom. The molecule has 0 radical (unpaired) electrons. The highest BCUT2D eigenvalue weighted by Gasteiger charge is 2.43. The van der Waals surface area contributed by atoms with Crippen molar-refractivity contribution in [2.24, 2.45) is 5.92 Å². The van der Waals surface area contributed by atoms with Crippen molar-refractivity contribution in [2.45, 2.75) is 68.9 Å². The molecular formula is C22H28F2N4O3S. The van der Waals surface area contributed by atoms with Gasteiger partial charge in [0.1, 0.15) is 16.3 Å². The third-order valence-corrected chi connectivity index (χ3v) is 7.67. The largest absolute Gasteiger partial charge is 0.479 e. The molecule has 1 aliphatic heterocycles. The first-order valence-corrected chi connectivity index (χ1v) is 12.4. The lowest BCUT2D eigenvalue weighted by molar-refractivity contribution is -0.0666. The fourth-order valence-corrected chi connectivity index (χ4v) is 5.35.